The molecule has 2 heterocycles. The Morgan fingerprint density at radius 3 is 3.00 bits per heavy atom. The number of hydrogen-bond acceptors (Lipinski definition) is 4. The van der Waals surface area contributed by atoms with E-state index in [1.165, 1.54) is 0 Å². The Bertz CT molecular complexity index is 736. The van der Waals surface area contributed by atoms with Gasteiger partial charge in [0, 0.05) is 30.6 Å². The zero-order valence-electron chi connectivity index (χ0n) is 11.5. The molecule has 0 radical (unpaired) electrons. The molecule has 0 saturated heterocycles. The fourth-order valence-electron chi connectivity index (χ4n) is 2.11. The SMILES string of the molecule is COc1ccccc1NCc1cnc2cc(C)nn2c1. The molecule has 0 aliphatic heterocycles. The summed E-state index contributed by atoms with van der Waals surface area (Å²) in [6, 6.07) is 9.80. The number of methoxy groups -OCH3 is 1. The van der Waals surface area contributed by atoms with Gasteiger partial charge in [-0.2, -0.15) is 5.10 Å². The Morgan fingerprint density at radius 1 is 1.30 bits per heavy atom. The minimum atomic E-state index is 0.669. The first-order valence-electron chi connectivity index (χ1n) is 6.44. The Hall–Kier alpha value is -2.56. The van der Waals surface area contributed by atoms with Gasteiger partial charge >= 0.3 is 0 Å². The molecule has 5 nitrogen and oxygen atoms in total. The molecular weight excluding hydrogens is 252 g/mol. The molecule has 0 aliphatic rings. The molecular formula is C15H16N4O. The number of nitrogens with zero attached hydrogens (tertiary/aromatic N) is 3. The zero-order valence-corrected chi connectivity index (χ0v) is 11.5. The molecule has 3 rings (SSSR count). The number of aromatic nitrogens is 3. The van der Waals surface area contributed by atoms with E-state index >= 15 is 0 Å². The summed E-state index contributed by atoms with van der Waals surface area (Å²) in [5.74, 6) is 0.830. The zero-order chi connectivity index (χ0) is 13.9. The van der Waals surface area contributed by atoms with Crippen molar-refractivity contribution >= 4 is 11.3 Å². The molecule has 1 N–H and O–H groups in total. The monoisotopic (exact) mass is 268 g/mol. The Kier molecular flexibility index (Phi) is 3.25. The summed E-state index contributed by atoms with van der Waals surface area (Å²) in [6.45, 7) is 2.63. The molecule has 2 aromatic heterocycles. The molecule has 0 aliphatic carbocycles. The van der Waals surface area contributed by atoms with Crippen molar-refractivity contribution in [2.45, 2.75) is 13.5 Å². The fraction of sp³-hybridized carbons (Fsp3) is 0.200. The van der Waals surface area contributed by atoms with Crippen molar-refractivity contribution in [3.8, 4) is 5.75 Å². The van der Waals surface area contributed by atoms with Gasteiger partial charge < -0.3 is 10.1 Å². The highest BCUT2D eigenvalue weighted by Gasteiger charge is 2.03. The molecule has 0 bridgehead atoms. The summed E-state index contributed by atoms with van der Waals surface area (Å²) < 4.78 is 7.11. The van der Waals surface area contributed by atoms with Gasteiger partial charge in [0.15, 0.2) is 5.65 Å². The standard InChI is InChI=1S/C15H16N4O/c1-11-7-15-17-9-12(10-19(15)18-11)8-16-13-5-3-4-6-14(13)20-2/h3-7,9-10,16H,8H2,1-2H3. The highest BCUT2D eigenvalue weighted by atomic mass is 16.5. The van der Waals surface area contributed by atoms with Crippen LogP contribution in [-0.2, 0) is 6.54 Å². The third-order valence-electron chi connectivity index (χ3n) is 3.08. The summed E-state index contributed by atoms with van der Waals surface area (Å²) >= 11 is 0. The first-order chi connectivity index (χ1) is 9.76. The maximum Gasteiger partial charge on any atom is 0.155 e. The average Bonchev–Trinajstić information content (AvgIpc) is 2.84. The van der Waals surface area contributed by atoms with Gasteiger partial charge in [-0.05, 0) is 19.1 Å². The van der Waals surface area contributed by atoms with Crippen LogP contribution in [0.5, 0.6) is 5.75 Å². The predicted octanol–water partition coefficient (Wildman–Crippen LogP) is 2.66. The van der Waals surface area contributed by atoms with Crippen LogP contribution in [0.25, 0.3) is 5.65 Å². The lowest BCUT2D eigenvalue weighted by atomic mass is 10.2. The molecule has 0 amide bonds. The summed E-state index contributed by atoms with van der Waals surface area (Å²) in [6.07, 6.45) is 3.84. The fourth-order valence-corrected chi connectivity index (χ4v) is 2.11. The lowest BCUT2D eigenvalue weighted by Gasteiger charge is -2.10. The van der Waals surface area contributed by atoms with E-state index in [0.717, 1.165) is 28.3 Å². The number of para-hydroxylation sites is 2. The van der Waals surface area contributed by atoms with Crippen LogP contribution in [0, 0.1) is 6.92 Å². The van der Waals surface area contributed by atoms with Crippen molar-refractivity contribution < 1.29 is 4.74 Å². The van der Waals surface area contributed by atoms with Crippen molar-refractivity contribution in [1.82, 2.24) is 14.6 Å². The van der Waals surface area contributed by atoms with Crippen molar-refractivity contribution in [2.24, 2.45) is 0 Å². The molecule has 0 atom stereocenters. The van der Waals surface area contributed by atoms with Crippen LogP contribution in [0.4, 0.5) is 5.69 Å². The number of hydrogen-bond donors (Lipinski definition) is 1. The summed E-state index contributed by atoms with van der Waals surface area (Å²) in [4.78, 5) is 4.39. The van der Waals surface area contributed by atoms with Crippen LogP contribution in [-0.4, -0.2) is 21.7 Å². The van der Waals surface area contributed by atoms with Crippen LogP contribution in [0.15, 0.2) is 42.7 Å². The van der Waals surface area contributed by atoms with Crippen LogP contribution in [0.2, 0.25) is 0 Å². The van der Waals surface area contributed by atoms with E-state index in [0.29, 0.717) is 6.54 Å². The molecule has 1 aromatic carbocycles. The first kappa shape index (κ1) is 12.5. The van der Waals surface area contributed by atoms with E-state index < -0.39 is 0 Å². The van der Waals surface area contributed by atoms with Crippen LogP contribution in [0.1, 0.15) is 11.3 Å². The minimum absolute atomic E-state index is 0.669. The van der Waals surface area contributed by atoms with Crippen molar-refractivity contribution in [1.29, 1.82) is 0 Å². The quantitative estimate of drug-likeness (QED) is 0.790. The maximum absolute atomic E-state index is 5.31. The lowest BCUT2D eigenvalue weighted by Crippen LogP contribution is -2.03. The van der Waals surface area contributed by atoms with E-state index in [-0.39, 0.29) is 0 Å². The van der Waals surface area contributed by atoms with Crippen molar-refractivity contribution in [3.05, 3.63) is 54.0 Å². The van der Waals surface area contributed by atoms with Gasteiger partial charge in [-0.15, -0.1) is 0 Å². The molecule has 102 valence electrons. The van der Waals surface area contributed by atoms with Crippen molar-refractivity contribution in [2.75, 3.05) is 12.4 Å². The smallest absolute Gasteiger partial charge is 0.155 e. The van der Waals surface area contributed by atoms with Gasteiger partial charge in [0.25, 0.3) is 0 Å². The van der Waals surface area contributed by atoms with Crippen LogP contribution >= 0.6 is 0 Å². The maximum atomic E-state index is 5.31. The molecule has 0 spiro atoms. The predicted molar refractivity (Wildman–Crippen MR) is 78.0 cm³/mol. The van der Waals surface area contributed by atoms with E-state index in [4.69, 9.17) is 4.74 Å². The van der Waals surface area contributed by atoms with E-state index in [1.54, 1.807) is 11.6 Å². The van der Waals surface area contributed by atoms with E-state index in [1.807, 2.05) is 49.6 Å². The Morgan fingerprint density at radius 2 is 2.15 bits per heavy atom. The minimum Gasteiger partial charge on any atom is -0.495 e. The van der Waals surface area contributed by atoms with Gasteiger partial charge in [-0.25, -0.2) is 9.50 Å². The lowest BCUT2D eigenvalue weighted by molar-refractivity contribution is 0.416. The molecule has 3 aromatic rings. The Labute approximate surface area is 117 Å². The number of ether oxygens (including phenoxy) is 1. The first-order valence-corrected chi connectivity index (χ1v) is 6.44. The van der Waals surface area contributed by atoms with E-state index in [9.17, 15) is 0 Å². The van der Waals surface area contributed by atoms with Gasteiger partial charge in [0.2, 0.25) is 0 Å². The van der Waals surface area contributed by atoms with Crippen LogP contribution in [0.3, 0.4) is 0 Å². The second-order valence-corrected chi connectivity index (χ2v) is 4.60. The molecule has 0 unspecified atom stereocenters. The number of fused-ring (bicyclic) bond motifs is 1. The third-order valence-corrected chi connectivity index (χ3v) is 3.08. The number of aryl methyl sites for hydroxylation is 1. The number of nitrogens with one attached hydrogen (secondary N) is 1. The topological polar surface area (TPSA) is 51.5 Å². The van der Waals surface area contributed by atoms with Gasteiger partial charge in [0.1, 0.15) is 5.75 Å². The van der Waals surface area contributed by atoms with E-state index in [2.05, 4.69) is 15.4 Å². The summed E-state index contributed by atoms with van der Waals surface area (Å²) in [5.41, 5.74) is 3.86. The van der Waals surface area contributed by atoms with Gasteiger partial charge in [0.05, 0.1) is 18.5 Å². The third kappa shape index (κ3) is 2.42. The van der Waals surface area contributed by atoms with Crippen molar-refractivity contribution in [3.63, 3.8) is 0 Å². The normalized spacial score (nSPS) is 10.7. The molecule has 5 heteroatoms. The number of benzene rings is 1. The average molecular weight is 268 g/mol. The highest BCUT2D eigenvalue weighted by Crippen LogP contribution is 2.23. The van der Waals surface area contributed by atoms with Gasteiger partial charge in [-0.1, -0.05) is 12.1 Å². The second-order valence-electron chi connectivity index (χ2n) is 4.60. The highest BCUT2D eigenvalue weighted by molar-refractivity contribution is 5.56. The number of anilines is 1. The summed E-state index contributed by atoms with van der Waals surface area (Å²) in [7, 11) is 1.67. The number of rotatable bonds is 4. The largest absolute Gasteiger partial charge is 0.495 e. The molecule has 0 saturated carbocycles. The molecule has 0 fully saturated rings. The summed E-state index contributed by atoms with van der Waals surface area (Å²) in [5, 5.41) is 7.71. The molecule has 20 heavy (non-hydrogen) atoms. The van der Waals surface area contributed by atoms with Gasteiger partial charge in [-0.3, -0.25) is 0 Å². The van der Waals surface area contributed by atoms with Crippen LogP contribution < -0.4 is 10.1 Å². The Balaban J connectivity index is 1.79. The second kappa shape index (κ2) is 5.21.